The molecule has 0 fully saturated rings. The fraction of sp³-hybridized carbons (Fsp3) is 0.462. The first kappa shape index (κ1) is 10.6. The zero-order valence-electron chi connectivity index (χ0n) is 10.1. The number of rotatable bonds is 3. The molecule has 0 saturated heterocycles. The minimum absolute atomic E-state index is 0.666. The second-order valence-corrected chi connectivity index (χ2v) is 4.37. The second kappa shape index (κ2) is 4.04. The third-order valence-corrected chi connectivity index (χ3v) is 3.38. The average molecular weight is 231 g/mol. The Bertz CT molecular complexity index is 559. The van der Waals surface area contributed by atoms with E-state index in [4.69, 9.17) is 10.5 Å². The van der Waals surface area contributed by atoms with Crippen molar-refractivity contribution in [1.29, 1.82) is 0 Å². The van der Waals surface area contributed by atoms with Crippen LogP contribution in [0.3, 0.4) is 0 Å². The quantitative estimate of drug-likeness (QED) is 0.867. The summed E-state index contributed by atoms with van der Waals surface area (Å²) in [5.41, 5.74) is 10.7. The van der Waals surface area contributed by atoms with Crippen LogP contribution in [0.5, 0.6) is 5.75 Å². The largest absolute Gasteiger partial charge is 0.493 e. The van der Waals surface area contributed by atoms with Crippen molar-refractivity contribution in [1.82, 2.24) is 9.61 Å². The van der Waals surface area contributed by atoms with Crippen LogP contribution in [0.25, 0.3) is 5.52 Å². The van der Waals surface area contributed by atoms with Gasteiger partial charge in [-0.25, -0.2) is 4.52 Å². The van der Waals surface area contributed by atoms with Crippen LogP contribution in [0.1, 0.15) is 23.7 Å². The lowest BCUT2D eigenvalue weighted by Crippen LogP contribution is -2.04. The van der Waals surface area contributed by atoms with Crippen LogP contribution < -0.4 is 10.5 Å². The van der Waals surface area contributed by atoms with Crippen molar-refractivity contribution in [2.45, 2.75) is 26.2 Å². The number of nitrogens with two attached hydrogens (primary N) is 1. The maximum absolute atomic E-state index is 5.71. The lowest BCUT2D eigenvalue weighted by Gasteiger charge is -2.03. The van der Waals surface area contributed by atoms with Crippen molar-refractivity contribution in [2.75, 3.05) is 13.2 Å². The zero-order valence-corrected chi connectivity index (χ0v) is 10.1. The first-order valence-electron chi connectivity index (χ1n) is 6.20. The summed E-state index contributed by atoms with van der Waals surface area (Å²) in [6.45, 7) is 3.58. The first-order valence-corrected chi connectivity index (χ1v) is 6.20. The molecule has 0 spiro atoms. The third kappa shape index (κ3) is 1.52. The van der Waals surface area contributed by atoms with E-state index in [0.29, 0.717) is 6.54 Å². The number of hydrogen-bond acceptors (Lipinski definition) is 3. The SMILES string of the molecule is CCc1nn2ccc3c(c2c1CCN)CCO3. The molecule has 0 atom stereocenters. The Hall–Kier alpha value is -1.55. The Morgan fingerprint density at radius 2 is 2.41 bits per heavy atom. The van der Waals surface area contributed by atoms with Gasteiger partial charge < -0.3 is 10.5 Å². The standard InChI is InChI=1S/C13H17N3O/c1-2-11-9(3-6-14)13-10-5-8-17-12(10)4-7-16(13)15-11/h4,7H,2-3,5-6,8,14H2,1H3. The third-order valence-electron chi connectivity index (χ3n) is 3.38. The molecule has 2 N–H and O–H groups in total. The molecule has 2 aromatic rings. The van der Waals surface area contributed by atoms with Gasteiger partial charge in [0, 0.05) is 23.7 Å². The molecule has 17 heavy (non-hydrogen) atoms. The van der Waals surface area contributed by atoms with E-state index >= 15 is 0 Å². The van der Waals surface area contributed by atoms with Gasteiger partial charge in [-0.05, 0) is 25.5 Å². The molecule has 0 saturated carbocycles. The summed E-state index contributed by atoms with van der Waals surface area (Å²) >= 11 is 0. The molecule has 3 rings (SSSR count). The highest BCUT2D eigenvalue weighted by atomic mass is 16.5. The van der Waals surface area contributed by atoms with Crippen molar-refractivity contribution in [3.05, 3.63) is 29.1 Å². The summed E-state index contributed by atoms with van der Waals surface area (Å²) in [7, 11) is 0. The summed E-state index contributed by atoms with van der Waals surface area (Å²) in [6, 6.07) is 2.01. The molecule has 0 bridgehead atoms. The molecular weight excluding hydrogens is 214 g/mol. The molecule has 0 radical (unpaired) electrons. The van der Waals surface area contributed by atoms with Gasteiger partial charge in [0.15, 0.2) is 0 Å². The highest BCUT2D eigenvalue weighted by molar-refractivity contribution is 5.67. The Labute approximate surface area is 100 Å². The molecule has 2 aromatic heterocycles. The van der Waals surface area contributed by atoms with E-state index in [1.54, 1.807) is 0 Å². The molecule has 0 aromatic carbocycles. The van der Waals surface area contributed by atoms with Crippen LogP contribution >= 0.6 is 0 Å². The molecule has 1 aliphatic heterocycles. The van der Waals surface area contributed by atoms with Crippen molar-refractivity contribution in [3.8, 4) is 5.75 Å². The summed E-state index contributed by atoms with van der Waals surface area (Å²) in [6.07, 6.45) is 4.81. The van der Waals surface area contributed by atoms with Crippen LogP contribution in [-0.4, -0.2) is 22.8 Å². The molecular formula is C13H17N3O. The minimum atomic E-state index is 0.666. The van der Waals surface area contributed by atoms with Gasteiger partial charge in [0.05, 0.1) is 17.8 Å². The van der Waals surface area contributed by atoms with Gasteiger partial charge in [0.2, 0.25) is 0 Å². The van der Waals surface area contributed by atoms with Gasteiger partial charge in [0.25, 0.3) is 0 Å². The highest BCUT2D eigenvalue weighted by Gasteiger charge is 2.20. The lowest BCUT2D eigenvalue weighted by molar-refractivity contribution is 0.356. The van der Waals surface area contributed by atoms with Crippen molar-refractivity contribution < 1.29 is 4.74 Å². The maximum atomic E-state index is 5.71. The number of nitrogens with zero attached hydrogens (tertiary/aromatic N) is 2. The summed E-state index contributed by atoms with van der Waals surface area (Å²) in [5.74, 6) is 1.01. The lowest BCUT2D eigenvalue weighted by atomic mass is 10.0. The monoisotopic (exact) mass is 231 g/mol. The van der Waals surface area contributed by atoms with Gasteiger partial charge >= 0.3 is 0 Å². The fourth-order valence-electron chi connectivity index (χ4n) is 2.63. The molecule has 4 heteroatoms. The topological polar surface area (TPSA) is 52.5 Å². The van der Waals surface area contributed by atoms with E-state index < -0.39 is 0 Å². The van der Waals surface area contributed by atoms with Crippen molar-refractivity contribution in [2.24, 2.45) is 5.73 Å². The maximum Gasteiger partial charge on any atom is 0.126 e. The van der Waals surface area contributed by atoms with Crippen LogP contribution in [0.15, 0.2) is 12.3 Å². The molecule has 3 heterocycles. The van der Waals surface area contributed by atoms with E-state index in [1.165, 1.54) is 16.6 Å². The molecule has 90 valence electrons. The van der Waals surface area contributed by atoms with E-state index in [-0.39, 0.29) is 0 Å². The van der Waals surface area contributed by atoms with Gasteiger partial charge in [0.1, 0.15) is 5.75 Å². The Balaban J connectivity index is 2.29. The predicted octanol–water partition coefficient (Wildman–Crippen LogP) is 1.33. The smallest absolute Gasteiger partial charge is 0.126 e. The number of aromatic nitrogens is 2. The van der Waals surface area contributed by atoms with E-state index in [0.717, 1.165) is 37.3 Å². The van der Waals surface area contributed by atoms with E-state index in [1.807, 2.05) is 16.8 Å². The minimum Gasteiger partial charge on any atom is -0.493 e. The molecule has 1 aliphatic rings. The molecule has 0 aliphatic carbocycles. The Morgan fingerprint density at radius 1 is 1.53 bits per heavy atom. The number of fused-ring (bicyclic) bond motifs is 3. The van der Waals surface area contributed by atoms with E-state index in [9.17, 15) is 0 Å². The highest BCUT2D eigenvalue weighted by Crippen LogP contribution is 2.32. The van der Waals surface area contributed by atoms with Crippen LogP contribution in [0.2, 0.25) is 0 Å². The summed E-state index contributed by atoms with van der Waals surface area (Å²) < 4.78 is 7.59. The van der Waals surface area contributed by atoms with Crippen molar-refractivity contribution >= 4 is 5.52 Å². The predicted molar refractivity (Wildman–Crippen MR) is 66.5 cm³/mol. The van der Waals surface area contributed by atoms with Crippen LogP contribution in [0.4, 0.5) is 0 Å². The van der Waals surface area contributed by atoms with Gasteiger partial charge in [-0.2, -0.15) is 5.10 Å². The number of aryl methyl sites for hydroxylation is 1. The molecule has 0 unspecified atom stereocenters. The van der Waals surface area contributed by atoms with Crippen LogP contribution in [-0.2, 0) is 19.3 Å². The van der Waals surface area contributed by atoms with Gasteiger partial charge in [-0.3, -0.25) is 0 Å². The summed E-state index contributed by atoms with van der Waals surface area (Å²) in [4.78, 5) is 0. The second-order valence-electron chi connectivity index (χ2n) is 4.37. The van der Waals surface area contributed by atoms with Gasteiger partial charge in [-0.15, -0.1) is 0 Å². The number of ether oxygens (including phenoxy) is 1. The number of hydrogen-bond donors (Lipinski definition) is 1. The average Bonchev–Trinajstić information content (AvgIpc) is 2.92. The van der Waals surface area contributed by atoms with E-state index in [2.05, 4.69) is 12.0 Å². The normalized spacial score (nSPS) is 14.0. The number of pyridine rings is 1. The Kier molecular flexibility index (Phi) is 2.52. The van der Waals surface area contributed by atoms with Crippen LogP contribution in [0, 0.1) is 0 Å². The molecule has 0 amide bonds. The van der Waals surface area contributed by atoms with Gasteiger partial charge in [-0.1, -0.05) is 6.92 Å². The zero-order chi connectivity index (χ0) is 11.8. The summed E-state index contributed by atoms with van der Waals surface area (Å²) in [5, 5.41) is 4.63. The van der Waals surface area contributed by atoms with Crippen molar-refractivity contribution in [3.63, 3.8) is 0 Å². The Morgan fingerprint density at radius 3 is 3.18 bits per heavy atom. The first-order chi connectivity index (χ1) is 8.35. The molecule has 4 nitrogen and oxygen atoms in total. The fourth-order valence-corrected chi connectivity index (χ4v) is 2.63.